The molecule has 0 spiro atoms. The minimum Gasteiger partial charge on any atom is -0.338 e. The highest BCUT2D eigenvalue weighted by atomic mass is 19.4. The fourth-order valence-electron chi connectivity index (χ4n) is 2.58. The summed E-state index contributed by atoms with van der Waals surface area (Å²) in [6.45, 7) is 0.898. The Labute approximate surface area is 133 Å². The van der Waals surface area contributed by atoms with Gasteiger partial charge in [0.1, 0.15) is 0 Å². The molecule has 0 atom stereocenters. The number of alkyl halides is 3. The molecule has 2 N–H and O–H groups in total. The molecule has 0 unspecified atom stereocenters. The molecule has 0 aromatic carbocycles. The summed E-state index contributed by atoms with van der Waals surface area (Å²) in [4.78, 5) is 17.0. The molecule has 1 fully saturated rings. The fourth-order valence-corrected chi connectivity index (χ4v) is 2.58. The van der Waals surface area contributed by atoms with E-state index in [-0.39, 0.29) is 11.9 Å². The van der Waals surface area contributed by atoms with Gasteiger partial charge in [0.25, 0.3) is 0 Å². The van der Waals surface area contributed by atoms with E-state index in [1.54, 1.807) is 12.4 Å². The summed E-state index contributed by atoms with van der Waals surface area (Å²) in [5, 5.41) is 5.52. The summed E-state index contributed by atoms with van der Waals surface area (Å²) < 4.78 is 36.9. The van der Waals surface area contributed by atoms with Gasteiger partial charge in [0.05, 0.1) is 6.54 Å². The fraction of sp³-hybridized carbons (Fsp3) is 0.600. The number of carbonyl (C=O) groups excluding carboxylic acids is 1. The average Bonchev–Trinajstić information content (AvgIpc) is 2.52. The number of aromatic nitrogens is 1. The first-order valence-corrected chi connectivity index (χ1v) is 7.62. The topological polar surface area (TPSA) is 57.3 Å². The van der Waals surface area contributed by atoms with E-state index in [2.05, 4.69) is 15.6 Å². The Kier molecular flexibility index (Phi) is 6.20. The zero-order chi connectivity index (χ0) is 16.7. The van der Waals surface area contributed by atoms with Crippen molar-refractivity contribution >= 4 is 6.03 Å². The molecule has 0 radical (unpaired) electrons. The number of urea groups is 1. The van der Waals surface area contributed by atoms with Crippen molar-refractivity contribution in [3.63, 3.8) is 0 Å². The molecule has 0 bridgehead atoms. The minimum absolute atomic E-state index is 0.228. The third-order valence-electron chi connectivity index (χ3n) is 3.86. The zero-order valence-corrected chi connectivity index (χ0v) is 12.8. The first-order valence-electron chi connectivity index (χ1n) is 7.62. The molecule has 2 heterocycles. The maximum absolute atomic E-state index is 12.3. The second-order valence-electron chi connectivity index (χ2n) is 5.75. The van der Waals surface area contributed by atoms with E-state index in [0.717, 1.165) is 5.56 Å². The number of pyridine rings is 1. The summed E-state index contributed by atoms with van der Waals surface area (Å²) in [6, 6.07) is 3.37. The molecular weight excluding hydrogens is 309 g/mol. The van der Waals surface area contributed by atoms with E-state index >= 15 is 0 Å². The Balaban J connectivity index is 1.60. The second-order valence-corrected chi connectivity index (χ2v) is 5.75. The van der Waals surface area contributed by atoms with Crippen molar-refractivity contribution in [3.8, 4) is 0 Å². The molecule has 2 rings (SSSR count). The van der Waals surface area contributed by atoms with E-state index in [4.69, 9.17) is 0 Å². The van der Waals surface area contributed by atoms with Gasteiger partial charge in [0, 0.05) is 25.5 Å². The molecule has 0 aliphatic carbocycles. The van der Waals surface area contributed by atoms with Crippen molar-refractivity contribution in [1.29, 1.82) is 0 Å². The van der Waals surface area contributed by atoms with Crippen LogP contribution in [-0.2, 0) is 6.54 Å². The number of nitrogens with zero attached hydrogens (tertiary/aromatic N) is 2. The van der Waals surface area contributed by atoms with E-state index in [0.29, 0.717) is 39.0 Å². The summed E-state index contributed by atoms with van der Waals surface area (Å²) in [5.41, 5.74) is 0.954. The molecule has 23 heavy (non-hydrogen) atoms. The predicted octanol–water partition coefficient (Wildman–Crippen LogP) is 2.16. The second kappa shape index (κ2) is 8.14. The van der Waals surface area contributed by atoms with Crippen LogP contribution in [0.4, 0.5) is 18.0 Å². The Bertz CT molecular complexity index is 487. The van der Waals surface area contributed by atoms with Crippen LogP contribution in [0, 0.1) is 5.92 Å². The number of rotatable bonds is 5. The van der Waals surface area contributed by atoms with Gasteiger partial charge in [-0.05, 0) is 49.5 Å². The smallest absolute Gasteiger partial charge is 0.338 e. The lowest BCUT2D eigenvalue weighted by Gasteiger charge is -2.32. The molecule has 1 aromatic heterocycles. The van der Waals surface area contributed by atoms with Crippen LogP contribution in [0.25, 0.3) is 0 Å². The van der Waals surface area contributed by atoms with E-state index in [9.17, 15) is 18.0 Å². The van der Waals surface area contributed by atoms with Crippen LogP contribution in [0.15, 0.2) is 24.5 Å². The van der Waals surface area contributed by atoms with E-state index < -0.39 is 12.7 Å². The van der Waals surface area contributed by atoms with Crippen LogP contribution >= 0.6 is 0 Å². The normalized spacial score (nSPS) is 17.0. The van der Waals surface area contributed by atoms with Crippen molar-refractivity contribution in [2.45, 2.75) is 25.6 Å². The number of hydrogen-bond donors (Lipinski definition) is 2. The number of amides is 2. The molecule has 8 heteroatoms. The number of hydrogen-bond acceptors (Lipinski definition) is 3. The summed E-state index contributed by atoms with van der Waals surface area (Å²) in [7, 11) is 0. The molecule has 1 aromatic rings. The van der Waals surface area contributed by atoms with Gasteiger partial charge in [-0.3, -0.25) is 9.88 Å². The van der Waals surface area contributed by atoms with Gasteiger partial charge < -0.3 is 10.6 Å². The van der Waals surface area contributed by atoms with Crippen molar-refractivity contribution in [2.75, 3.05) is 26.2 Å². The molecule has 5 nitrogen and oxygen atoms in total. The van der Waals surface area contributed by atoms with Crippen LogP contribution in [0.5, 0.6) is 0 Å². The SMILES string of the molecule is O=C(NCc1ccncc1)NCC1CCN(CC(F)(F)F)CC1. The highest BCUT2D eigenvalue weighted by Crippen LogP contribution is 2.22. The zero-order valence-electron chi connectivity index (χ0n) is 12.8. The maximum atomic E-state index is 12.3. The third-order valence-corrected chi connectivity index (χ3v) is 3.86. The summed E-state index contributed by atoms with van der Waals surface area (Å²) in [5.74, 6) is 0.228. The van der Waals surface area contributed by atoms with Gasteiger partial charge in [-0.25, -0.2) is 4.79 Å². The summed E-state index contributed by atoms with van der Waals surface area (Å²) >= 11 is 0. The molecule has 1 saturated heterocycles. The van der Waals surface area contributed by atoms with Crippen molar-refractivity contribution in [1.82, 2.24) is 20.5 Å². The van der Waals surface area contributed by atoms with Gasteiger partial charge in [-0.1, -0.05) is 0 Å². The van der Waals surface area contributed by atoms with Gasteiger partial charge >= 0.3 is 12.2 Å². The Morgan fingerprint density at radius 2 is 1.87 bits per heavy atom. The van der Waals surface area contributed by atoms with E-state index in [1.165, 1.54) is 4.90 Å². The third kappa shape index (κ3) is 6.85. The minimum atomic E-state index is -4.14. The van der Waals surface area contributed by atoms with Crippen LogP contribution in [-0.4, -0.2) is 48.3 Å². The largest absolute Gasteiger partial charge is 0.401 e. The van der Waals surface area contributed by atoms with Crippen molar-refractivity contribution in [2.24, 2.45) is 5.92 Å². The molecule has 0 saturated carbocycles. The number of halogens is 3. The Hall–Kier alpha value is -1.83. The van der Waals surface area contributed by atoms with E-state index in [1.807, 2.05) is 12.1 Å². The van der Waals surface area contributed by atoms with Gasteiger partial charge in [-0.2, -0.15) is 13.2 Å². The van der Waals surface area contributed by atoms with Crippen LogP contribution in [0.1, 0.15) is 18.4 Å². The van der Waals surface area contributed by atoms with Crippen LogP contribution in [0.3, 0.4) is 0 Å². The number of carbonyl (C=O) groups is 1. The number of likely N-dealkylation sites (tertiary alicyclic amines) is 1. The summed E-state index contributed by atoms with van der Waals surface area (Å²) in [6.07, 6.45) is 0.507. The van der Waals surface area contributed by atoms with Crippen LogP contribution < -0.4 is 10.6 Å². The van der Waals surface area contributed by atoms with Gasteiger partial charge in [-0.15, -0.1) is 0 Å². The maximum Gasteiger partial charge on any atom is 0.401 e. The van der Waals surface area contributed by atoms with Gasteiger partial charge in [0.2, 0.25) is 0 Å². The van der Waals surface area contributed by atoms with Crippen LogP contribution in [0.2, 0.25) is 0 Å². The number of nitrogens with one attached hydrogen (secondary N) is 2. The monoisotopic (exact) mass is 330 g/mol. The van der Waals surface area contributed by atoms with Crippen molar-refractivity contribution in [3.05, 3.63) is 30.1 Å². The standard InChI is InChI=1S/C15H21F3N4O/c16-15(17,18)11-22-7-3-13(4-8-22)10-21-14(23)20-9-12-1-5-19-6-2-12/h1-2,5-6,13H,3-4,7-11H2,(H2,20,21,23). The molecular formula is C15H21F3N4O. The predicted molar refractivity (Wildman–Crippen MR) is 79.7 cm³/mol. The Morgan fingerprint density at radius 3 is 2.48 bits per heavy atom. The Morgan fingerprint density at radius 1 is 1.22 bits per heavy atom. The van der Waals surface area contributed by atoms with Gasteiger partial charge in [0.15, 0.2) is 0 Å². The quantitative estimate of drug-likeness (QED) is 0.870. The first kappa shape index (κ1) is 17.5. The average molecular weight is 330 g/mol. The van der Waals surface area contributed by atoms with Crippen molar-refractivity contribution < 1.29 is 18.0 Å². The lowest BCUT2D eigenvalue weighted by Crippen LogP contribution is -2.44. The lowest BCUT2D eigenvalue weighted by molar-refractivity contribution is -0.148. The molecule has 1 aliphatic heterocycles. The molecule has 1 aliphatic rings. The highest BCUT2D eigenvalue weighted by molar-refractivity contribution is 5.73. The lowest BCUT2D eigenvalue weighted by atomic mass is 9.97. The molecule has 2 amide bonds. The highest BCUT2D eigenvalue weighted by Gasteiger charge is 2.32. The number of piperidine rings is 1. The molecule has 128 valence electrons. The first-order chi connectivity index (χ1) is 10.9.